The Hall–Kier alpha value is -6.58. The third-order valence-corrected chi connectivity index (χ3v) is 10.1. The van der Waals surface area contributed by atoms with Crippen LogP contribution in [0, 0.1) is 0 Å². The molecule has 49 heavy (non-hydrogen) atoms. The Morgan fingerprint density at radius 2 is 0.816 bits per heavy atom. The van der Waals surface area contributed by atoms with Gasteiger partial charge in [-0.2, -0.15) is 0 Å². The highest BCUT2D eigenvalue weighted by atomic mass is 16.4. The van der Waals surface area contributed by atoms with Crippen molar-refractivity contribution in [3.8, 4) is 33.6 Å². The van der Waals surface area contributed by atoms with Crippen LogP contribution in [0.1, 0.15) is 0 Å². The summed E-state index contributed by atoms with van der Waals surface area (Å²) in [6, 6.07) is 55.5. The van der Waals surface area contributed by atoms with Gasteiger partial charge in [0, 0.05) is 32.5 Å². The average molecular weight is 627 g/mol. The molecule has 0 saturated carbocycles. The first-order valence-electron chi connectivity index (χ1n) is 16.6. The molecule has 0 aliphatic carbocycles. The van der Waals surface area contributed by atoms with Crippen LogP contribution in [0.5, 0.6) is 0 Å². The number of para-hydroxylation sites is 2. The molecule has 0 amide bonds. The summed E-state index contributed by atoms with van der Waals surface area (Å²) in [4.78, 5) is 0. The van der Waals surface area contributed by atoms with Gasteiger partial charge in [-0.05, 0) is 80.2 Å². The molecule has 0 unspecified atom stereocenters. The molecule has 0 fully saturated rings. The second kappa shape index (κ2) is 9.96. The highest BCUT2D eigenvalue weighted by Gasteiger charge is 2.24. The first-order chi connectivity index (χ1) is 24.3. The van der Waals surface area contributed by atoms with E-state index in [0.29, 0.717) is 0 Å². The standard InChI is InChI=1S/C46H26O3/c1-2-12-27(13-3-1)42-26-38-36(25-37-30-15-9-11-21-40(30)48-45(37)46(38)49-42)44-33-18-6-4-16-31(33)43(32-17-5-7-19-34(32)44)28-22-23-41-35(24-28)29-14-8-10-20-39(29)47-41/h1-26H. The maximum Gasteiger partial charge on any atom is 0.178 e. The van der Waals surface area contributed by atoms with E-state index in [-0.39, 0.29) is 0 Å². The topological polar surface area (TPSA) is 39.4 Å². The van der Waals surface area contributed by atoms with Gasteiger partial charge in [-0.25, -0.2) is 0 Å². The van der Waals surface area contributed by atoms with Gasteiger partial charge in [-0.15, -0.1) is 0 Å². The van der Waals surface area contributed by atoms with Gasteiger partial charge in [0.1, 0.15) is 22.5 Å². The van der Waals surface area contributed by atoms with Crippen molar-refractivity contribution in [2.75, 3.05) is 0 Å². The van der Waals surface area contributed by atoms with Gasteiger partial charge in [-0.3, -0.25) is 0 Å². The molecule has 8 aromatic carbocycles. The SMILES string of the molecule is c1ccc(-c2cc3c(-c4c5ccccc5c(-c5ccc6oc7ccccc7c6c5)c5ccccc45)cc4c5ccccc5oc4c3o2)cc1. The summed E-state index contributed by atoms with van der Waals surface area (Å²) in [5.74, 6) is 0.815. The summed E-state index contributed by atoms with van der Waals surface area (Å²) in [6.07, 6.45) is 0. The van der Waals surface area contributed by atoms with Crippen molar-refractivity contribution >= 4 is 76.4 Å². The third kappa shape index (κ3) is 3.78. The van der Waals surface area contributed by atoms with Crippen molar-refractivity contribution in [1.29, 1.82) is 0 Å². The monoisotopic (exact) mass is 626 g/mol. The summed E-state index contributed by atoms with van der Waals surface area (Å²) in [6.45, 7) is 0. The maximum absolute atomic E-state index is 6.74. The van der Waals surface area contributed by atoms with E-state index in [0.717, 1.165) is 77.3 Å². The van der Waals surface area contributed by atoms with Crippen LogP contribution < -0.4 is 0 Å². The molecule has 228 valence electrons. The van der Waals surface area contributed by atoms with Crippen LogP contribution in [0.15, 0.2) is 171 Å². The lowest BCUT2D eigenvalue weighted by molar-refractivity contribution is 0.611. The molecule has 0 bridgehead atoms. The number of rotatable bonds is 3. The van der Waals surface area contributed by atoms with Crippen molar-refractivity contribution in [3.05, 3.63) is 158 Å². The van der Waals surface area contributed by atoms with E-state index < -0.39 is 0 Å². The molecule has 0 aliphatic heterocycles. The number of furan rings is 3. The second-order valence-corrected chi connectivity index (χ2v) is 12.8. The van der Waals surface area contributed by atoms with Crippen LogP contribution in [0.25, 0.3) is 110 Å². The van der Waals surface area contributed by atoms with Gasteiger partial charge in [-0.1, -0.05) is 121 Å². The molecular weight excluding hydrogens is 601 g/mol. The molecular formula is C46H26O3. The predicted octanol–water partition coefficient (Wildman–Crippen LogP) is 13.5. The highest BCUT2D eigenvalue weighted by Crippen LogP contribution is 2.49. The lowest BCUT2D eigenvalue weighted by Crippen LogP contribution is -1.91. The van der Waals surface area contributed by atoms with Gasteiger partial charge in [0.15, 0.2) is 11.2 Å². The molecule has 0 aliphatic rings. The fourth-order valence-electron chi connectivity index (χ4n) is 7.92. The molecule has 11 rings (SSSR count). The van der Waals surface area contributed by atoms with Crippen LogP contribution in [-0.2, 0) is 0 Å². The fourth-order valence-corrected chi connectivity index (χ4v) is 7.92. The minimum atomic E-state index is 0.761. The molecule has 0 atom stereocenters. The first-order valence-corrected chi connectivity index (χ1v) is 16.6. The number of benzene rings is 8. The van der Waals surface area contributed by atoms with Crippen LogP contribution in [0.3, 0.4) is 0 Å². The van der Waals surface area contributed by atoms with E-state index >= 15 is 0 Å². The smallest absolute Gasteiger partial charge is 0.178 e. The molecule has 3 heterocycles. The Balaban J connectivity index is 1.28. The summed E-state index contributed by atoms with van der Waals surface area (Å²) in [5.41, 5.74) is 9.89. The maximum atomic E-state index is 6.74. The van der Waals surface area contributed by atoms with Crippen molar-refractivity contribution in [2.45, 2.75) is 0 Å². The normalized spacial score (nSPS) is 12.1. The molecule has 0 spiro atoms. The molecule has 0 N–H and O–H groups in total. The summed E-state index contributed by atoms with van der Waals surface area (Å²) < 4.78 is 19.5. The van der Waals surface area contributed by atoms with E-state index in [1.54, 1.807) is 0 Å². The van der Waals surface area contributed by atoms with E-state index in [2.05, 4.69) is 115 Å². The Morgan fingerprint density at radius 1 is 0.286 bits per heavy atom. The Morgan fingerprint density at radius 3 is 1.51 bits per heavy atom. The lowest BCUT2D eigenvalue weighted by Gasteiger charge is -2.18. The van der Waals surface area contributed by atoms with Crippen molar-refractivity contribution in [2.24, 2.45) is 0 Å². The van der Waals surface area contributed by atoms with Gasteiger partial charge in [0.05, 0.1) is 0 Å². The van der Waals surface area contributed by atoms with Gasteiger partial charge < -0.3 is 13.3 Å². The van der Waals surface area contributed by atoms with Crippen LogP contribution >= 0.6 is 0 Å². The Labute approximate surface area is 280 Å². The molecule has 3 heteroatoms. The van der Waals surface area contributed by atoms with Crippen LogP contribution in [-0.4, -0.2) is 0 Å². The average Bonchev–Trinajstić information content (AvgIpc) is 3.87. The molecule has 3 aromatic heterocycles. The van der Waals surface area contributed by atoms with Crippen molar-refractivity contribution < 1.29 is 13.3 Å². The van der Waals surface area contributed by atoms with E-state index in [9.17, 15) is 0 Å². The van der Waals surface area contributed by atoms with E-state index in [1.165, 1.54) is 32.7 Å². The summed E-state index contributed by atoms with van der Waals surface area (Å²) >= 11 is 0. The van der Waals surface area contributed by atoms with Crippen molar-refractivity contribution in [3.63, 3.8) is 0 Å². The second-order valence-electron chi connectivity index (χ2n) is 12.8. The lowest BCUT2D eigenvalue weighted by atomic mass is 9.84. The quantitative estimate of drug-likeness (QED) is 0.183. The van der Waals surface area contributed by atoms with Gasteiger partial charge >= 0.3 is 0 Å². The number of hydrogen-bond acceptors (Lipinski definition) is 3. The molecule has 11 aromatic rings. The fraction of sp³-hybridized carbons (Fsp3) is 0. The third-order valence-electron chi connectivity index (χ3n) is 10.1. The minimum absolute atomic E-state index is 0.761. The summed E-state index contributed by atoms with van der Waals surface area (Å²) in [7, 11) is 0. The van der Waals surface area contributed by atoms with Crippen molar-refractivity contribution in [1.82, 2.24) is 0 Å². The Kier molecular flexibility index (Phi) is 5.38. The molecule has 0 saturated heterocycles. The van der Waals surface area contributed by atoms with E-state index in [1.807, 2.05) is 42.5 Å². The molecule has 0 radical (unpaired) electrons. The Bertz CT molecular complexity index is 3040. The largest absolute Gasteiger partial charge is 0.456 e. The van der Waals surface area contributed by atoms with Gasteiger partial charge in [0.25, 0.3) is 0 Å². The zero-order valence-electron chi connectivity index (χ0n) is 26.2. The van der Waals surface area contributed by atoms with E-state index in [4.69, 9.17) is 13.3 Å². The first kappa shape index (κ1) is 26.5. The zero-order chi connectivity index (χ0) is 32.1. The van der Waals surface area contributed by atoms with Gasteiger partial charge in [0.2, 0.25) is 0 Å². The highest BCUT2D eigenvalue weighted by molar-refractivity contribution is 6.27. The van der Waals surface area contributed by atoms with Crippen LogP contribution in [0.4, 0.5) is 0 Å². The predicted molar refractivity (Wildman–Crippen MR) is 202 cm³/mol. The summed E-state index contributed by atoms with van der Waals surface area (Å²) in [5, 5.41) is 10.2. The molecule has 3 nitrogen and oxygen atoms in total. The zero-order valence-corrected chi connectivity index (χ0v) is 26.2. The number of hydrogen-bond donors (Lipinski definition) is 0. The van der Waals surface area contributed by atoms with Crippen LogP contribution in [0.2, 0.25) is 0 Å². The number of fused-ring (bicyclic) bond motifs is 10. The minimum Gasteiger partial charge on any atom is -0.456 e.